The third kappa shape index (κ3) is 7.44. The molecule has 140 valence electrons. The molecule has 0 saturated heterocycles. The Morgan fingerprint density at radius 3 is 2.31 bits per heavy atom. The Bertz CT molecular complexity index is 655. The zero-order valence-electron chi connectivity index (χ0n) is 14.9. The Morgan fingerprint density at radius 2 is 1.62 bits per heavy atom. The maximum Gasteiger partial charge on any atom is 0.343 e. The average molecular weight is 359 g/mol. The molecular weight excluding hydrogens is 334 g/mol. The van der Waals surface area contributed by atoms with Gasteiger partial charge in [-0.15, -0.1) is 0 Å². The summed E-state index contributed by atoms with van der Waals surface area (Å²) in [5, 5.41) is 12.6. The van der Waals surface area contributed by atoms with Gasteiger partial charge in [-0.3, -0.25) is 0 Å². The summed E-state index contributed by atoms with van der Waals surface area (Å²) >= 11 is 0. The maximum absolute atomic E-state index is 11.0. The van der Waals surface area contributed by atoms with Gasteiger partial charge in [0.15, 0.2) is 6.61 Å². The Kier molecular flexibility index (Phi) is 8.29. The van der Waals surface area contributed by atoms with Gasteiger partial charge in [-0.25, -0.2) is 4.79 Å². The van der Waals surface area contributed by atoms with E-state index in [9.17, 15) is 9.90 Å². The third-order valence-corrected chi connectivity index (χ3v) is 3.70. The average Bonchev–Trinajstić information content (AvgIpc) is 2.67. The second-order valence-corrected chi connectivity index (χ2v) is 5.70. The van der Waals surface area contributed by atoms with Crippen LogP contribution >= 0.6 is 0 Å². The highest BCUT2D eigenvalue weighted by atomic mass is 16.6. The summed E-state index contributed by atoms with van der Waals surface area (Å²) in [6.07, 6.45) is 1.82. The molecule has 0 fully saturated rings. The van der Waals surface area contributed by atoms with Gasteiger partial charge in [-0.2, -0.15) is 0 Å². The molecule has 0 amide bonds. The van der Waals surface area contributed by atoms with Crippen LogP contribution < -0.4 is 14.8 Å². The number of phenols is 1. The van der Waals surface area contributed by atoms with Crippen LogP contribution in [0, 0.1) is 0 Å². The van der Waals surface area contributed by atoms with Crippen molar-refractivity contribution in [3.8, 4) is 17.2 Å². The molecule has 2 rings (SSSR count). The molecule has 2 aromatic rings. The van der Waals surface area contributed by atoms with E-state index in [0.717, 1.165) is 31.7 Å². The first-order valence-electron chi connectivity index (χ1n) is 8.58. The molecule has 6 heteroatoms. The number of carbonyl (C=O) groups excluding carboxylic acids is 1. The number of aromatic hydroxyl groups is 1. The molecule has 2 aromatic carbocycles. The van der Waals surface area contributed by atoms with Gasteiger partial charge in [-0.05, 0) is 67.9 Å². The molecule has 0 unspecified atom stereocenters. The first-order chi connectivity index (χ1) is 12.7. The van der Waals surface area contributed by atoms with Gasteiger partial charge in [0.2, 0.25) is 0 Å². The Labute approximate surface area is 153 Å². The minimum Gasteiger partial charge on any atom is -0.508 e. The zero-order chi connectivity index (χ0) is 18.6. The largest absolute Gasteiger partial charge is 0.508 e. The van der Waals surface area contributed by atoms with Gasteiger partial charge in [-0.1, -0.05) is 12.1 Å². The lowest BCUT2D eigenvalue weighted by Crippen LogP contribution is -2.20. The summed E-state index contributed by atoms with van der Waals surface area (Å²) in [5.41, 5.74) is 1.20. The molecule has 0 aliphatic rings. The third-order valence-electron chi connectivity index (χ3n) is 3.70. The van der Waals surface area contributed by atoms with E-state index in [1.165, 1.54) is 12.7 Å². The van der Waals surface area contributed by atoms with E-state index >= 15 is 0 Å². The Hall–Kier alpha value is -2.73. The molecule has 6 nitrogen and oxygen atoms in total. The molecular formula is C20H25NO5. The molecule has 0 aromatic heterocycles. The van der Waals surface area contributed by atoms with Crippen LogP contribution in [0.3, 0.4) is 0 Å². The van der Waals surface area contributed by atoms with Crippen molar-refractivity contribution in [2.75, 3.05) is 33.4 Å². The van der Waals surface area contributed by atoms with Crippen molar-refractivity contribution in [1.82, 2.24) is 5.32 Å². The topological polar surface area (TPSA) is 77.0 Å². The summed E-state index contributed by atoms with van der Waals surface area (Å²) in [5.74, 6) is 1.26. The van der Waals surface area contributed by atoms with Gasteiger partial charge >= 0.3 is 5.97 Å². The van der Waals surface area contributed by atoms with Crippen LogP contribution in [0.2, 0.25) is 0 Å². The predicted molar refractivity (Wildman–Crippen MR) is 98.7 cm³/mol. The van der Waals surface area contributed by atoms with Crippen molar-refractivity contribution in [1.29, 1.82) is 0 Å². The number of rotatable bonds is 11. The second kappa shape index (κ2) is 11.0. The Balaban J connectivity index is 1.54. The zero-order valence-corrected chi connectivity index (χ0v) is 14.9. The van der Waals surface area contributed by atoms with Crippen molar-refractivity contribution >= 4 is 5.97 Å². The lowest BCUT2D eigenvalue weighted by atomic mass is 10.1. The highest BCUT2D eigenvalue weighted by Gasteiger charge is 2.02. The predicted octanol–water partition coefficient (Wildman–Crippen LogP) is 2.55. The SMILES string of the molecule is COC(=O)COc1ccc(CCNCCCOc2ccc(O)cc2)cc1. The van der Waals surface area contributed by atoms with Crippen LogP contribution in [-0.2, 0) is 16.0 Å². The quantitative estimate of drug-likeness (QED) is 0.474. The van der Waals surface area contributed by atoms with Gasteiger partial charge in [0.05, 0.1) is 13.7 Å². The standard InChI is InChI=1S/C20H25NO5/c1-24-20(23)15-26-19-7-3-16(4-8-19)11-13-21-12-2-14-25-18-9-5-17(22)6-10-18/h3-10,21-22H,2,11-15H2,1H3. The first kappa shape index (κ1) is 19.6. The normalized spacial score (nSPS) is 10.3. The van der Waals surface area contributed by atoms with Crippen LogP contribution in [-0.4, -0.2) is 44.5 Å². The van der Waals surface area contributed by atoms with Gasteiger partial charge < -0.3 is 24.6 Å². The van der Waals surface area contributed by atoms with Gasteiger partial charge in [0.25, 0.3) is 0 Å². The summed E-state index contributed by atoms with van der Waals surface area (Å²) in [4.78, 5) is 11.0. The number of carbonyl (C=O) groups is 1. The van der Waals surface area contributed by atoms with Crippen molar-refractivity contribution in [2.24, 2.45) is 0 Å². The fourth-order valence-electron chi connectivity index (χ4n) is 2.24. The van der Waals surface area contributed by atoms with Gasteiger partial charge in [0.1, 0.15) is 17.2 Å². The van der Waals surface area contributed by atoms with Crippen LogP contribution in [0.4, 0.5) is 0 Å². The van der Waals surface area contributed by atoms with Crippen LogP contribution in [0.25, 0.3) is 0 Å². The molecule has 26 heavy (non-hydrogen) atoms. The molecule has 0 radical (unpaired) electrons. The molecule has 2 N–H and O–H groups in total. The smallest absolute Gasteiger partial charge is 0.343 e. The first-order valence-corrected chi connectivity index (χ1v) is 8.58. The number of methoxy groups -OCH3 is 1. The summed E-state index contributed by atoms with van der Waals surface area (Å²) in [7, 11) is 1.33. The number of hydrogen-bond donors (Lipinski definition) is 2. The number of nitrogens with one attached hydrogen (secondary N) is 1. The van der Waals surface area contributed by atoms with Crippen molar-refractivity contribution in [3.63, 3.8) is 0 Å². The van der Waals surface area contributed by atoms with Crippen LogP contribution in [0.15, 0.2) is 48.5 Å². The molecule has 0 atom stereocenters. The summed E-state index contributed by atoms with van der Waals surface area (Å²) in [6.45, 7) is 2.30. The number of hydrogen-bond acceptors (Lipinski definition) is 6. The number of phenolic OH excluding ortho intramolecular Hbond substituents is 1. The van der Waals surface area contributed by atoms with E-state index in [4.69, 9.17) is 9.47 Å². The second-order valence-electron chi connectivity index (χ2n) is 5.70. The fraction of sp³-hybridized carbons (Fsp3) is 0.350. The minimum absolute atomic E-state index is 0.0797. The lowest BCUT2D eigenvalue weighted by Gasteiger charge is -2.08. The van der Waals surface area contributed by atoms with E-state index in [1.54, 1.807) is 24.3 Å². The van der Waals surface area contributed by atoms with Crippen molar-refractivity contribution in [3.05, 3.63) is 54.1 Å². The van der Waals surface area contributed by atoms with Crippen molar-refractivity contribution < 1.29 is 24.1 Å². The Morgan fingerprint density at radius 1 is 0.962 bits per heavy atom. The lowest BCUT2D eigenvalue weighted by molar-refractivity contribution is -0.142. The molecule has 0 aliphatic heterocycles. The van der Waals surface area contributed by atoms with E-state index in [-0.39, 0.29) is 12.4 Å². The van der Waals surface area contributed by atoms with E-state index in [2.05, 4.69) is 10.1 Å². The van der Waals surface area contributed by atoms with Crippen LogP contribution in [0.1, 0.15) is 12.0 Å². The monoisotopic (exact) mass is 359 g/mol. The number of esters is 1. The van der Waals surface area contributed by atoms with E-state index in [0.29, 0.717) is 12.4 Å². The maximum atomic E-state index is 11.0. The molecule has 0 heterocycles. The van der Waals surface area contributed by atoms with Crippen molar-refractivity contribution in [2.45, 2.75) is 12.8 Å². The molecule has 0 aliphatic carbocycles. The van der Waals surface area contributed by atoms with Crippen LogP contribution in [0.5, 0.6) is 17.2 Å². The molecule has 0 saturated carbocycles. The fourth-order valence-corrected chi connectivity index (χ4v) is 2.24. The van der Waals surface area contributed by atoms with E-state index < -0.39 is 5.97 Å². The summed E-state index contributed by atoms with van der Waals surface area (Å²) in [6, 6.07) is 14.4. The highest BCUT2D eigenvalue weighted by molar-refractivity contribution is 5.70. The van der Waals surface area contributed by atoms with Gasteiger partial charge in [0, 0.05) is 0 Å². The van der Waals surface area contributed by atoms with E-state index in [1.807, 2.05) is 24.3 Å². The summed E-state index contributed by atoms with van der Waals surface area (Å²) < 4.78 is 15.4. The molecule has 0 bridgehead atoms. The minimum atomic E-state index is -0.396. The highest BCUT2D eigenvalue weighted by Crippen LogP contribution is 2.16. The molecule has 0 spiro atoms. The number of benzene rings is 2. The number of ether oxygens (including phenoxy) is 3.